The third kappa shape index (κ3) is 2.77. The lowest BCUT2D eigenvalue weighted by Gasteiger charge is -2.42. The highest BCUT2D eigenvalue weighted by Gasteiger charge is 2.42. The Morgan fingerprint density at radius 1 is 1.68 bits per heavy atom. The highest BCUT2D eigenvalue weighted by Crippen LogP contribution is 2.26. The van der Waals surface area contributed by atoms with Crippen LogP contribution in [0.3, 0.4) is 0 Å². The van der Waals surface area contributed by atoms with Crippen LogP contribution in [0, 0.1) is 0 Å². The van der Waals surface area contributed by atoms with Gasteiger partial charge in [0, 0.05) is 19.7 Å². The van der Waals surface area contributed by atoms with Crippen LogP contribution in [-0.4, -0.2) is 43.0 Å². The maximum Gasteiger partial charge on any atom is 0.259 e. The minimum atomic E-state index is -3.76. The van der Waals surface area contributed by atoms with Crippen molar-refractivity contribution in [3.05, 3.63) is 11.2 Å². The van der Waals surface area contributed by atoms with Gasteiger partial charge in [-0.05, 0) is 13.3 Å². The van der Waals surface area contributed by atoms with Crippen LogP contribution in [0.1, 0.15) is 13.3 Å². The molecule has 1 aromatic rings. The molecule has 0 amide bonds. The first-order valence-electron chi connectivity index (χ1n) is 5.93. The van der Waals surface area contributed by atoms with E-state index in [0.29, 0.717) is 13.0 Å². The summed E-state index contributed by atoms with van der Waals surface area (Å²) in [7, 11) is -2.25. The Kier molecular flexibility index (Phi) is 4.17. The molecule has 3 unspecified atom stereocenters. The zero-order chi connectivity index (χ0) is 14.2. The van der Waals surface area contributed by atoms with E-state index in [1.54, 1.807) is 0 Å². The number of hydrogen-bond donors (Lipinski definition) is 2. The third-order valence-electron chi connectivity index (χ3n) is 3.14. The highest BCUT2D eigenvalue weighted by atomic mass is 35.5. The van der Waals surface area contributed by atoms with Gasteiger partial charge in [0.25, 0.3) is 10.0 Å². The number of sulfonamides is 1. The fourth-order valence-corrected chi connectivity index (χ4v) is 4.10. The van der Waals surface area contributed by atoms with Crippen molar-refractivity contribution in [3.63, 3.8) is 0 Å². The number of nitrogens with one attached hydrogen (secondary N) is 1. The van der Waals surface area contributed by atoms with Crippen LogP contribution in [0.5, 0.6) is 0 Å². The first-order chi connectivity index (χ1) is 8.86. The lowest BCUT2D eigenvalue weighted by atomic mass is 9.84. The molecule has 0 saturated heterocycles. The maximum absolute atomic E-state index is 12.3. The Bertz CT molecular complexity index is 538. The predicted octanol–water partition coefficient (Wildman–Crippen LogP) is -0.143. The number of rotatable bonds is 5. The summed E-state index contributed by atoms with van der Waals surface area (Å²) >= 11 is 5.84. The standard InChI is InChI=1S/C10H17ClN4O3S/c1-3-18-8-4-7(12)9(8)14-19(16,17)10-6(11)5-13-15(10)2/h5,7-9,14H,3-4,12H2,1-2H3. The summed E-state index contributed by atoms with van der Waals surface area (Å²) in [5, 5.41) is 3.82. The van der Waals surface area contributed by atoms with Gasteiger partial charge in [-0.25, -0.2) is 13.1 Å². The van der Waals surface area contributed by atoms with Crippen molar-refractivity contribution in [3.8, 4) is 0 Å². The van der Waals surface area contributed by atoms with Crippen LogP contribution in [-0.2, 0) is 21.8 Å². The van der Waals surface area contributed by atoms with Crippen LogP contribution >= 0.6 is 11.6 Å². The van der Waals surface area contributed by atoms with Crippen molar-refractivity contribution in [1.82, 2.24) is 14.5 Å². The molecule has 0 bridgehead atoms. The van der Waals surface area contributed by atoms with Crippen molar-refractivity contribution in [2.75, 3.05) is 6.61 Å². The number of aryl methyl sites for hydroxylation is 1. The number of nitrogens with zero attached hydrogens (tertiary/aromatic N) is 2. The zero-order valence-corrected chi connectivity index (χ0v) is 12.3. The van der Waals surface area contributed by atoms with Gasteiger partial charge < -0.3 is 10.5 Å². The SMILES string of the molecule is CCOC1CC(N)C1NS(=O)(=O)c1c(Cl)cnn1C. The molecule has 1 aromatic heterocycles. The number of ether oxygens (including phenoxy) is 1. The van der Waals surface area contributed by atoms with E-state index in [1.807, 2.05) is 6.92 Å². The van der Waals surface area contributed by atoms with Crippen LogP contribution in [0.2, 0.25) is 5.02 Å². The molecule has 0 aromatic carbocycles. The summed E-state index contributed by atoms with van der Waals surface area (Å²) in [4.78, 5) is 0. The lowest BCUT2D eigenvalue weighted by Crippen LogP contribution is -2.64. The van der Waals surface area contributed by atoms with E-state index in [4.69, 9.17) is 22.1 Å². The maximum atomic E-state index is 12.3. The van der Waals surface area contributed by atoms with Crippen LogP contribution < -0.4 is 10.5 Å². The van der Waals surface area contributed by atoms with Gasteiger partial charge in [0.15, 0.2) is 5.03 Å². The summed E-state index contributed by atoms with van der Waals surface area (Å²) in [6.45, 7) is 2.37. The summed E-state index contributed by atoms with van der Waals surface area (Å²) < 4.78 is 33.7. The quantitative estimate of drug-likeness (QED) is 0.788. The Balaban J connectivity index is 2.18. The normalized spacial score (nSPS) is 27.3. The lowest BCUT2D eigenvalue weighted by molar-refractivity contribution is -0.0248. The molecule has 1 saturated carbocycles. The van der Waals surface area contributed by atoms with Crippen molar-refractivity contribution in [2.24, 2.45) is 12.8 Å². The topological polar surface area (TPSA) is 99.2 Å². The second kappa shape index (κ2) is 5.37. The average molecular weight is 309 g/mol. The highest BCUT2D eigenvalue weighted by molar-refractivity contribution is 7.89. The van der Waals surface area contributed by atoms with E-state index in [2.05, 4.69) is 9.82 Å². The first-order valence-corrected chi connectivity index (χ1v) is 7.80. The summed E-state index contributed by atoms with van der Waals surface area (Å²) in [5.41, 5.74) is 5.82. The van der Waals surface area contributed by atoms with E-state index in [0.717, 1.165) is 0 Å². The molecule has 0 spiro atoms. The smallest absolute Gasteiger partial charge is 0.259 e. The number of halogens is 1. The second-order valence-corrected chi connectivity index (χ2v) is 6.50. The Labute approximate surface area is 117 Å². The molecule has 1 aliphatic rings. The average Bonchev–Trinajstić information content (AvgIpc) is 2.67. The van der Waals surface area contributed by atoms with Crippen molar-refractivity contribution >= 4 is 21.6 Å². The Morgan fingerprint density at radius 3 is 2.84 bits per heavy atom. The van der Waals surface area contributed by atoms with Gasteiger partial charge in [-0.2, -0.15) is 5.10 Å². The van der Waals surface area contributed by atoms with E-state index >= 15 is 0 Å². The molecule has 1 fully saturated rings. The van der Waals surface area contributed by atoms with Crippen molar-refractivity contribution in [2.45, 2.75) is 36.6 Å². The fraction of sp³-hybridized carbons (Fsp3) is 0.700. The Hall–Kier alpha value is -0.670. The fourth-order valence-electron chi connectivity index (χ4n) is 2.13. The first kappa shape index (κ1) is 14.7. The molecule has 3 N–H and O–H groups in total. The van der Waals surface area contributed by atoms with Gasteiger partial charge in [-0.1, -0.05) is 11.6 Å². The predicted molar refractivity (Wildman–Crippen MR) is 70.3 cm³/mol. The number of aromatic nitrogens is 2. The van der Waals surface area contributed by atoms with E-state index < -0.39 is 16.1 Å². The minimum Gasteiger partial charge on any atom is -0.377 e. The van der Waals surface area contributed by atoms with Crippen LogP contribution in [0.15, 0.2) is 11.2 Å². The molecule has 19 heavy (non-hydrogen) atoms. The molecule has 0 radical (unpaired) electrons. The van der Waals surface area contributed by atoms with Gasteiger partial charge in [0.2, 0.25) is 0 Å². The van der Waals surface area contributed by atoms with Gasteiger partial charge in [0.1, 0.15) is 0 Å². The third-order valence-corrected chi connectivity index (χ3v) is 5.10. The van der Waals surface area contributed by atoms with Gasteiger partial charge in [-0.3, -0.25) is 4.68 Å². The number of nitrogens with two attached hydrogens (primary N) is 1. The minimum absolute atomic E-state index is 0.0662. The molecule has 9 heteroatoms. The summed E-state index contributed by atoms with van der Waals surface area (Å²) in [5.74, 6) is 0. The number of hydrogen-bond acceptors (Lipinski definition) is 5. The zero-order valence-electron chi connectivity index (χ0n) is 10.7. The van der Waals surface area contributed by atoms with Crippen molar-refractivity contribution in [1.29, 1.82) is 0 Å². The second-order valence-electron chi connectivity index (χ2n) is 4.46. The monoisotopic (exact) mass is 308 g/mol. The van der Waals surface area contributed by atoms with Crippen LogP contribution in [0.4, 0.5) is 0 Å². The summed E-state index contributed by atoms with van der Waals surface area (Å²) in [6.07, 6.45) is 1.73. The molecule has 0 aliphatic heterocycles. The van der Waals surface area contributed by atoms with Crippen LogP contribution in [0.25, 0.3) is 0 Å². The molecule has 1 aliphatic carbocycles. The molecular formula is C10H17ClN4O3S. The molecule has 2 rings (SSSR count). The van der Waals surface area contributed by atoms with Gasteiger partial charge in [0.05, 0.1) is 23.4 Å². The molecule has 7 nitrogen and oxygen atoms in total. The molecule has 3 atom stereocenters. The Morgan fingerprint density at radius 2 is 2.37 bits per heavy atom. The molecular weight excluding hydrogens is 292 g/mol. The van der Waals surface area contributed by atoms with E-state index in [9.17, 15) is 8.42 Å². The largest absolute Gasteiger partial charge is 0.377 e. The van der Waals surface area contributed by atoms with Crippen molar-refractivity contribution < 1.29 is 13.2 Å². The van der Waals surface area contributed by atoms with Gasteiger partial charge in [-0.15, -0.1) is 0 Å². The molecule has 1 heterocycles. The molecule has 108 valence electrons. The summed E-state index contributed by atoms with van der Waals surface area (Å²) in [6, 6.07) is -0.686. The van der Waals surface area contributed by atoms with E-state index in [-0.39, 0.29) is 22.2 Å². The van der Waals surface area contributed by atoms with E-state index in [1.165, 1.54) is 17.9 Å². The van der Waals surface area contributed by atoms with Gasteiger partial charge >= 0.3 is 0 Å².